The van der Waals surface area contributed by atoms with Crippen molar-refractivity contribution >= 4 is 10.8 Å². The van der Waals surface area contributed by atoms with E-state index in [1.54, 1.807) is 0 Å². The Morgan fingerprint density at radius 1 is 1.32 bits per heavy atom. The second-order valence-corrected chi connectivity index (χ2v) is 7.31. The lowest BCUT2D eigenvalue weighted by atomic mass is 10.1. The maximum atomic E-state index is 12.1. The number of hydrogen-bond donors (Lipinski definition) is 1. The molecule has 108 valence electrons. The molecule has 19 heavy (non-hydrogen) atoms. The van der Waals surface area contributed by atoms with E-state index in [4.69, 9.17) is 4.42 Å². The first-order valence-electron chi connectivity index (χ1n) is 7.29. The highest BCUT2D eigenvalue weighted by atomic mass is 32.2. The van der Waals surface area contributed by atoms with Crippen LogP contribution in [0.4, 0.5) is 0 Å². The summed E-state index contributed by atoms with van der Waals surface area (Å²) in [7, 11) is -0.774. The van der Waals surface area contributed by atoms with Crippen LogP contribution in [0.15, 0.2) is 16.5 Å². The van der Waals surface area contributed by atoms with Gasteiger partial charge in [0.25, 0.3) is 0 Å². The molecule has 0 spiro atoms. The topological polar surface area (TPSA) is 42.2 Å². The van der Waals surface area contributed by atoms with Crippen LogP contribution in [-0.2, 0) is 23.1 Å². The fourth-order valence-corrected chi connectivity index (χ4v) is 4.01. The second-order valence-electron chi connectivity index (χ2n) is 5.80. The largest absolute Gasteiger partial charge is 0.464 e. The smallest absolute Gasteiger partial charge is 0.118 e. The molecule has 4 heteroatoms. The Kier molecular flexibility index (Phi) is 5.64. The van der Waals surface area contributed by atoms with Gasteiger partial charge < -0.3 is 9.73 Å². The first-order valence-corrected chi connectivity index (χ1v) is 8.78. The van der Waals surface area contributed by atoms with Gasteiger partial charge in [-0.15, -0.1) is 0 Å². The van der Waals surface area contributed by atoms with Gasteiger partial charge in [-0.2, -0.15) is 0 Å². The van der Waals surface area contributed by atoms with Gasteiger partial charge in [0.05, 0.1) is 12.3 Å². The molecule has 1 saturated carbocycles. The maximum absolute atomic E-state index is 12.1. The van der Waals surface area contributed by atoms with Crippen molar-refractivity contribution < 1.29 is 8.63 Å². The monoisotopic (exact) mass is 283 g/mol. The molecule has 2 rings (SSSR count). The lowest BCUT2D eigenvalue weighted by Gasteiger charge is -2.07. The van der Waals surface area contributed by atoms with E-state index < -0.39 is 10.8 Å². The normalized spacial score (nSPS) is 18.3. The highest BCUT2D eigenvalue weighted by molar-refractivity contribution is 7.84. The van der Waals surface area contributed by atoms with Crippen LogP contribution in [-0.4, -0.2) is 16.0 Å². The first kappa shape index (κ1) is 14.8. The van der Waals surface area contributed by atoms with Crippen molar-refractivity contribution in [2.24, 2.45) is 5.92 Å². The van der Waals surface area contributed by atoms with Crippen molar-refractivity contribution in [3.05, 3.63) is 23.7 Å². The van der Waals surface area contributed by atoms with Crippen LogP contribution in [0.2, 0.25) is 0 Å². The van der Waals surface area contributed by atoms with Gasteiger partial charge in [0.2, 0.25) is 0 Å². The zero-order chi connectivity index (χ0) is 13.7. The molecule has 0 bridgehead atoms. The summed E-state index contributed by atoms with van der Waals surface area (Å²) in [6.07, 6.45) is 5.14. The molecule has 1 aromatic rings. The van der Waals surface area contributed by atoms with Crippen molar-refractivity contribution in [1.82, 2.24) is 5.32 Å². The minimum Gasteiger partial charge on any atom is -0.464 e. The minimum atomic E-state index is -0.774. The van der Waals surface area contributed by atoms with Gasteiger partial charge in [-0.1, -0.05) is 26.7 Å². The van der Waals surface area contributed by atoms with Crippen molar-refractivity contribution in [3.63, 3.8) is 0 Å². The van der Waals surface area contributed by atoms with Crippen molar-refractivity contribution in [2.45, 2.75) is 57.9 Å². The van der Waals surface area contributed by atoms with Gasteiger partial charge in [0, 0.05) is 22.6 Å². The third-order valence-electron chi connectivity index (χ3n) is 3.60. The summed E-state index contributed by atoms with van der Waals surface area (Å²) in [4.78, 5) is 0. The summed E-state index contributed by atoms with van der Waals surface area (Å²) in [5.74, 6) is 3.88. The van der Waals surface area contributed by atoms with Crippen molar-refractivity contribution in [3.8, 4) is 0 Å². The van der Waals surface area contributed by atoms with Gasteiger partial charge in [0.1, 0.15) is 11.5 Å². The standard InChI is InChI=1S/C15H25NO2S/c1-12(2)16-9-14-7-8-15(18-14)11-19(17)10-13-5-3-4-6-13/h7-8,12-13,16H,3-6,9-11H2,1-2H3. The van der Waals surface area contributed by atoms with E-state index in [2.05, 4.69) is 19.2 Å². The van der Waals surface area contributed by atoms with E-state index in [-0.39, 0.29) is 0 Å². The van der Waals surface area contributed by atoms with Gasteiger partial charge in [-0.05, 0) is 30.9 Å². The van der Waals surface area contributed by atoms with Crippen LogP contribution in [0.5, 0.6) is 0 Å². The molecule has 1 N–H and O–H groups in total. The molecule has 1 aliphatic carbocycles. The van der Waals surface area contributed by atoms with E-state index in [0.29, 0.717) is 17.7 Å². The quantitative estimate of drug-likeness (QED) is 0.835. The number of nitrogens with one attached hydrogen (secondary N) is 1. The summed E-state index contributed by atoms with van der Waals surface area (Å²) < 4.78 is 17.8. The Morgan fingerprint density at radius 2 is 2.00 bits per heavy atom. The van der Waals surface area contributed by atoms with E-state index in [0.717, 1.165) is 23.8 Å². The van der Waals surface area contributed by atoms with Gasteiger partial charge in [-0.3, -0.25) is 4.21 Å². The number of rotatable bonds is 7. The molecule has 1 aromatic heterocycles. The zero-order valence-electron chi connectivity index (χ0n) is 12.0. The molecular weight excluding hydrogens is 258 g/mol. The predicted octanol–water partition coefficient (Wildman–Crippen LogP) is 3.22. The molecule has 0 aromatic carbocycles. The Hall–Kier alpha value is -0.610. The number of furan rings is 1. The van der Waals surface area contributed by atoms with Gasteiger partial charge >= 0.3 is 0 Å². The van der Waals surface area contributed by atoms with Crippen molar-refractivity contribution in [1.29, 1.82) is 0 Å². The summed E-state index contributed by atoms with van der Waals surface area (Å²) in [5, 5.41) is 3.32. The minimum absolute atomic E-state index is 0.449. The summed E-state index contributed by atoms with van der Waals surface area (Å²) >= 11 is 0. The lowest BCUT2D eigenvalue weighted by molar-refractivity contribution is 0.444. The summed E-state index contributed by atoms with van der Waals surface area (Å²) in [6.45, 7) is 4.97. The average molecular weight is 283 g/mol. The molecule has 0 radical (unpaired) electrons. The summed E-state index contributed by atoms with van der Waals surface area (Å²) in [6, 6.07) is 4.39. The lowest BCUT2D eigenvalue weighted by Crippen LogP contribution is -2.21. The van der Waals surface area contributed by atoms with Gasteiger partial charge in [-0.25, -0.2) is 0 Å². The highest BCUT2D eigenvalue weighted by Gasteiger charge is 2.18. The Labute approximate surface area is 118 Å². The zero-order valence-corrected chi connectivity index (χ0v) is 12.8. The highest BCUT2D eigenvalue weighted by Crippen LogP contribution is 2.26. The first-order chi connectivity index (χ1) is 9.13. The average Bonchev–Trinajstić information content (AvgIpc) is 2.98. The van der Waals surface area contributed by atoms with Crippen LogP contribution < -0.4 is 5.32 Å². The molecule has 1 unspecified atom stereocenters. The Bertz CT molecular complexity index is 408. The third kappa shape index (κ3) is 5.11. The van der Waals surface area contributed by atoms with Crippen LogP contribution in [0, 0.1) is 5.92 Å². The predicted molar refractivity (Wildman–Crippen MR) is 79.4 cm³/mol. The van der Waals surface area contributed by atoms with Crippen LogP contribution in [0.25, 0.3) is 0 Å². The molecule has 1 fully saturated rings. The molecule has 1 atom stereocenters. The molecular formula is C15H25NO2S. The van der Waals surface area contributed by atoms with Crippen LogP contribution >= 0.6 is 0 Å². The maximum Gasteiger partial charge on any atom is 0.118 e. The Morgan fingerprint density at radius 3 is 2.68 bits per heavy atom. The van der Waals surface area contributed by atoms with Crippen LogP contribution in [0.1, 0.15) is 51.1 Å². The number of hydrogen-bond acceptors (Lipinski definition) is 3. The van der Waals surface area contributed by atoms with Crippen LogP contribution in [0.3, 0.4) is 0 Å². The molecule has 0 saturated heterocycles. The molecule has 0 aliphatic heterocycles. The molecule has 3 nitrogen and oxygen atoms in total. The second kappa shape index (κ2) is 7.25. The Balaban J connectivity index is 1.76. The van der Waals surface area contributed by atoms with E-state index >= 15 is 0 Å². The van der Waals surface area contributed by atoms with E-state index in [1.165, 1.54) is 25.7 Å². The van der Waals surface area contributed by atoms with E-state index in [1.807, 2.05) is 12.1 Å². The summed E-state index contributed by atoms with van der Waals surface area (Å²) in [5.41, 5.74) is 0. The van der Waals surface area contributed by atoms with E-state index in [9.17, 15) is 4.21 Å². The molecule has 0 amide bonds. The van der Waals surface area contributed by atoms with Crippen molar-refractivity contribution in [2.75, 3.05) is 5.75 Å². The molecule has 1 aliphatic rings. The SMILES string of the molecule is CC(C)NCc1ccc(CS(=O)CC2CCCC2)o1. The van der Waals surface area contributed by atoms with Gasteiger partial charge in [0.15, 0.2) is 0 Å². The fraction of sp³-hybridized carbons (Fsp3) is 0.733. The third-order valence-corrected chi connectivity index (χ3v) is 5.05. The fourth-order valence-electron chi connectivity index (χ4n) is 2.56. The molecule has 1 heterocycles.